The largest absolute Gasteiger partial charge is 0.370 e. The second-order valence-electron chi connectivity index (χ2n) is 1.38. The minimum atomic E-state index is 0.444. The van der Waals surface area contributed by atoms with E-state index in [0.29, 0.717) is 5.94 Å². The standard InChI is InChI=1S/C5H11OS/c1-2-3-4-6-5-7/h2-5H2,1H3. The molecule has 0 rings (SSSR count). The fourth-order valence-corrected chi connectivity index (χ4v) is 0.423. The summed E-state index contributed by atoms with van der Waals surface area (Å²) in [5.41, 5.74) is 0. The summed E-state index contributed by atoms with van der Waals surface area (Å²) in [5.74, 6) is 0.444. The van der Waals surface area contributed by atoms with Crippen molar-refractivity contribution in [1.29, 1.82) is 0 Å². The first-order chi connectivity index (χ1) is 3.41. The lowest BCUT2D eigenvalue weighted by molar-refractivity contribution is 0.180. The molecule has 0 bridgehead atoms. The summed E-state index contributed by atoms with van der Waals surface area (Å²) >= 11 is 4.54. The van der Waals surface area contributed by atoms with Crippen molar-refractivity contribution in [2.75, 3.05) is 12.5 Å². The first-order valence-electron chi connectivity index (χ1n) is 2.57. The van der Waals surface area contributed by atoms with Crippen LogP contribution in [0, 0.1) is 0 Å². The normalized spacial score (nSPS) is 9.43. The van der Waals surface area contributed by atoms with Gasteiger partial charge in [0.15, 0.2) is 0 Å². The van der Waals surface area contributed by atoms with Crippen molar-refractivity contribution in [1.82, 2.24) is 0 Å². The Labute approximate surface area is 50.5 Å². The molecule has 1 radical (unpaired) electrons. The van der Waals surface area contributed by atoms with Crippen molar-refractivity contribution in [3.05, 3.63) is 0 Å². The second-order valence-corrected chi connectivity index (χ2v) is 1.62. The molecule has 0 aromatic carbocycles. The minimum Gasteiger partial charge on any atom is -0.370 e. The Balaban J connectivity index is 2.45. The maximum Gasteiger partial charge on any atom is 0.102 e. The molecule has 0 spiro atoms. The first-order valence-corrected chi connectivity index (χ1v) is 3.15. The SMILES string of the molecule is CCCCOC[S]. The Bertz CT molecular complexity index is 27.3. The Kier molecular flexibility index (Phi) is 6.59. The minimum absolute atomic E-state index is 0.444. The van der Waals surface area contributed by atoms with Gasteiger partial charge in [0.05, 0.1) is 0 Å². The molecular formula is C5H11OS. The molecule has 0 heterocycles. The van der Waals surface area contributed by atoms with E-state index in [1.165, 1.54) is 6.42 Å². The molecule has 2 heteroatoms. The highest BCUT2D eigenvalue weighted by Gasteiger charge is 1.79. The molecule has 0 aliphatic carbocycles. The van der Waals surface area contributed by atoms with Crippen LogP contribution in [-0.4, -0.2) is 12.5 Å². The molecule has 0 unspecified atom stereocenters. The van der Waals surface area contributed by atoms with Crippen LogP contribution in [0.5, 0.6) is 0 Å². The van der Waals surface area contributed by atoms with Gasteiger partial charge in [0.1, 0.15) is 5.94 Å². The lowest BCUT2D eigenvalue weighted by atomic mass is 10.4. The van der Waals surface area contributed by atoms with Crippen molar-refractivity contribution in [3.8, 4) is 0 Å². The van der Waals surface area contributed by atoms with Gasteiger partial charge in [-0.05, 0) is 6.42 Å². The van der Waals surface area contributed by atoms with Crippen LogP contribution < -0.4 is 0 Å². The maximum atomic E-state index is 4.89. The summed E-state index contributed by atoms with van der Waals surface area (Å²) < 4.78 is 4.89. The highest BCUT2D eigenvalue weighted by Crippen LogP contribution is 1.87. The zero-order valence-electron chi connectivity index (χ0n) is 4.64. The molecule has 0 aromatic rings. The van der Waals surface area contributed by atoms with E-state index < -0.39 is 0 Å². The van der Waals surface area contributed by atoms with E-state index in [0.717, 1.165) is 13.0 Å². The van der Waals surface area contributed by atoms with Gasteiger partial charge in [-0.1, -0.05) is 26.0 Å². The van der Waals surface area contributed by atoms with Crippen LogP contribution in [0.3, 0.4) is 0 Å². The molecule has 0 atom stereocenters. The first kappa shape index (κ1) is 7.31. The van der Waals surface area contributed by atoms with Crippen LogP contribution >= 0.6 is 12.6 Å². The van der Waals surface area contributed by atoms with Gasteiger partial charge in [0.25, 0.3) is 0 Å². The molecule has 0 saturated carbocycles. The van der Waals surface area contributed by atoms with E-state index in [9.17, 15) is 0 Å². The molecule has 0 aliphatic rings. The zero-order valence-corrected chi connectivity index (χ0v) is 5.46. The summed E-state index contributed by atoms with van der Waals surface area (Å²) in [6, 6.07) is 0. The van der Waals surface area contributed by atoms with Crippen molar-refractivity contribution in [2.45, 2.75) is 19.8 Å². The van der Waals surface area contributed by atoms with E-state index in [4.69, 9.17) is 4.74 Å². The smallest absolute Gasteiger partial charge is 0.102 e. The molecule has 0 saturated heterocycles. The van der Waals surface area contributed by atoms with E-state index in [1.807, 2.05) is 0 Å². The summed E-state index contributed by atoms with van der Waals surface area (Å²) in [6.07, 6.45) is 2.33. The van der Waals surface area contributed by atoms with Gasteiger partial charge in [0.2, 0.25) is 0 Å². The molecule has 7 heavy (non-hydrogen) atoms. The molecule has 0 aliphatic heterocycles. The van der Waals surface area contributed by atoms with E-state index in [2.05, 4.69) is 19.6 Å². The molecule has 0 amide bonds. The van der Waals surface area contributed by atoms with E-state index in [1.54, 1.807) is 0 Å². The number of rotatable bonds is 4. The summed E-state index contributed by atoms with van der Waals surface area (Å²) in [5, 5.41) is 0. The van der Waals surface area contributed by atoms with Crippen LogP contribution in [0.15, 0.2) is 0 Å². The van der Waals surface area contributed by atoms with Gasteiger partial charge in [-0.3, -0.25) is 0 Å². The Hall–Kier alpha value is 0.310. The quantitative estimate of drug-likeness (QED) is 0.514. The predicted octanol–water partition coefficient (Wildman–Crippen LogP) is 1.96. The van der Waals surface area contributed by atoms with Crippen LogP contribution in [0.1, 0.15) is 19.8 Å². The van der Waals surface area contributed by atoms with Gasteiger partial charge in [-0.15, -0.1) is 0 Å². The summed E-state index contributed by atoms with van der Waals surface area (Å²) in [6.45, 7) is 2.97. The van der Waals surface area contributed by atoms with Crippen LogP contribution in [-0.2, 0) is 4.74 Å². The van der Waals surface area contributed by atoms with Gasteiger partial charge >= 0.3 is 0 Å². The summed E-state index contributed by atoms with van der Waals surface area (Å²) in [4.78, 5) is 0. The molecule has 0 fully saturated rings. The third-order valence-electron chi connectivity index (χ3n) is 0.726. The van der Waals surface area contributed by atoms with Crippen LogP contribution in [0.25, 0.3) is 0 Å². The highest BCUT2D eigenvalue weighted by atomic mass is 32.1. The lowest BCUT2D eigenvalue weighted by Gasteiger charge is -1.93. The number of unbranched alkanes of at least 4 members (excludes halogenated alkanes) is 1. The monoisotopic (exact) mass is 119 g/mol. The van der Waals surface area contributed by atoms with Gasteiger partial charge in [-0.25, -0.2) is 0 Å². The van der Waals surface area contributed by atoms with Gasteiger partial charge < -0.3 is 4.74 Å². The fraction of sp³-hybridized carbons (Fsp3) is 1.00. The fourth-order valence-electron chi connectivity index (χ4n) is 0.305. The van der Waals surface area contributed by atoms with Crippen molar-refractivity contribution < 1.29 is 4.74 Å². The zero-order chi connectivity index (χ0) is 5.54. The molecule has 1 nitrogen and oxygen atoms in total. The predicted molar refractivity (Wildman–Crippen MR) is 33.3 cm³/mol. The van der Waals surface area contributed by atoms with Gasteiger partial charge in [0, 0.05) is 6.61 Å². The Morgan fingerprint density at radius 3 is 2.71 bits per heavy atom. The third-order valence-corrected chi connectivity index (χ3v) is 0.892. The topological polar surface area (TPSA) is 9.23 Å². The molecule has 0 aromatic heterocycles. The van der Waals surface area contributed by atoms with Crippen LogP contribution in [0.2, 0.25) is 0 Å². The van der Waals surface area contributed by atoms with E-state index >= 15 is 0 Å². The van der Waals surface area contributed by atoms with Gasteiger partial charge in [-0.2, -0.15) is 0 Å². The Morgan fingerprint density at radius 1 is 1.57 bits per heavy atom. The molecular weight excluding hydrogens is 108 g/mol. The van der Waals surface area contributed by atoms with Crippen LogP contribution in [0.4, 0.5) is 0 Å². The average molecular weight is 119 g/mol. The maximum absolute atomic E-state index is 4.89. The number of ether oxygens (including phenoxy) is 1. The molecule has 0 N–H and O–H groups in total. The second kappa shape index (κ2) is 6.31. The van der Waals surface area contributed by atoms with Crippen molar-refractivity contribution in [2.24, 2.45) is 0 Å². The highest BCUT2D eigenvalue weighted by molar-refractivity contribution is 7.80. The van der Waals surface area contributed by atoms with Crippen molar-refractivity contribution in [3.63, 3.8) is 0 Å². The average Bonchev–Trinajstić information content (AvgIpc) is 1.69. The van der Waals surface area contributed by atoms with E-state index in [-0.39, 0.29) is 0 Å². The third kappa shape index (κ3) is 6.31. The van der Waals surface area contributed by atoms with Crippen molar-refractivity contribution >= 4 is 12.6 Å². The summed E-state index contributed by atoms with van der Waals surface area (Å²) in [7, 11) is 0. The Morgan fingerprint density at radius 2 is 2.29 bits per heavy atom. The molecule has 43 valence electrons. The number of hydrogen-bond acceptors (Lipinski definition) is 1. The lowest BCUT2D eigenvalue weighted by Crippen LogP contribution is -1.89. The number of hydrogen-bond donors (Lipinski definition) is 0.